The van der Waals surface area contributed by atoms with E-state index in [1.807, 2.05) is 24.0 Å². The zero-order chi connectivity index (χ0) is 13.7. The lowest BCUT2D eigenvalue weighted by molar-refractivity contribution is 0.506. The molecule has 2 rings (SSSR count). The second-order valence-electron chi connectivity index (χ2n) is 4.70. The van der Waals surface area contributed by atoms with Crippen molar-refractivity contribution in [2.75, 3.05) is 6.54 Å². The average Bonchev–Trinajstić information content (AvgIpc) is 2.99. The molecule has 0 aliphatic rings. The van der Waals surface area contributed by atoms with Crippen LogP contribution < -0.4 is 5.32 Å². The van der Waals surface area contributed by atoms with Crippen molar-refractivity contribution in [2.24, 2.45) is 7.05 Å². The van der Waals surface area contributed by atoms with Gasteiger partial charge in [0.05, 0.1) is 11.2 Å². The first-order valence-corrected chi connectivity index (χ1v) is 7.90. The molecule has 0 fully saturated rings. The molecule has 0 aliphatic heterocycles. The number of hydrogen-bond acceptors (Lipinski definition) is 3. The maximum atomic E-state index is 6.25. The maximum absolute atomic E-state index is 6.25. The summed E-state index contributed by atoms with van der Waals surface area (Å²) >= 11 is 7.99. The van der Waals surface area contributed by atoms with Crippen LogP contribution in [-0.4, -0.2) is 16.3 Å². The smallest absolute Gasteiger partial charge is 0.0561 e. The number of aryl methyl sites for hydroxylation is 2. The fraction of sp³-hybridized carbons (Fsp3) is 0.500. The summed E-state index contributed by atoms with van der Waals surface area (Å²) in [6.07, 6.45) is 7.21. The molecule has 0 radical (unpaired) electrons. The number of rotatable bonds is 7. The highest BCUT2D eigenvalue weighted by Gasteiger charge is 2.15. The third kappa shape index (κ3) is 4.06. The average molecular weight is 298 g/mol. The van der Waals surface area contributed by atoms with E-state index in [1.165, 1.54) is 10.4 Å². The lowest BCUT2D eigenvalue weighted by Crippen LogP contribution is -2.22. The van der Waals surface area contributed by atoms with E-state index in [2.05, 4.69) is 28.9 Å². The van der Waals surface area contributed by atoms with Crippen LogP contribution in [0.3, 0.4) is 0 Å². The van der Waals surface area contributed by atoms with Crippen LogP contribution in [0.2, 0.25) is 5.02 Å². The van der Waals surface area contributed by atoms with Gasteiger partial charge in [-0.2, -0.15) is 5.10 Å². The van der Waals surface area contributed by atoms with Crippen LogP contribution in [0.25, 0.3) is 0 Å². The molecule has 1 atom stereocenters. The maximum Gasteiger partial charge on any atom is 0.0561 e. The van der Waals surface area contributed by atoms with E-state index in [0.29, 0.717) is 6.04 Å². The third-order valence-electron chi connectivity index (χ3n) is 3.08. The highest BCUT2D eigenvalue weighted by atomic mass is 35.5. The second-order valence-corrected chi connectivity index (χ2v) is 6.06. The minimum Gasteiger partial charge on any atom is -0.309 e. The molecule has 1 unspecified atom stereocenters. The summed E-state index contributed by atoms with van der Waals surface area (Å²) in [5.74, 6) is 0. The van der Waals surface area contributed by atoms with Gasteiger partial charge in [0.25, 0.3) is 0 Å². The zero-order valence-corrected chi connectivity index (χ0v) is 13.0. The largest absolute Gasteiger partial charge is 0.309 e. The summed E-state index contributed by atoms with van der Waals surface area (Å²) in [4.78, 5) is 1.25. The SMILES string of the molecule is CCCNC(CCc1cnn(C)c1)c1sccc1Cl. The monoisotopic (exact) mass is 297 g/mol. The van der Waals surface area contributed by atoms with Crippen molar-refractivity contribution in [3.8, 4) is 0 Å². The Labute approximate surface area is 123 Å². The van der Waals surface area contributed by atoms with Crippen molar-refractivity contribution in [1.82, 2.24) is 15.1 Å². The van der Waals surface area contributed by atoms with Crippen molar-refractivity contribution >= 4 is 22.9 Å². The molecule has 0 saturated heterocycles. The highest BCUT2D eigenvalue weighted by molar-refractivity contribution is 7.10. The first-order chi connectivity index (χ1) is 9.20. The van der Waals surface area contributed by atoms with Crippen molar-refractivity contribution in [3.63, 3.8) is 0 Å². The molecule has 0 aliphatic carbocycles. The number of hydrogen-bond donors (Lipinski definition) is 1. The third-order valence-corrected chi connectivity index (χ3v) is 4.55. The van der Waals surface area contributed by atoms with Gasteiger partial charge in [-0.25, -0.2) is 0 Å². The van der Waals surface area contributed by atoms with Crippen LogP contribution in [0.15, 0.2) is 23.8 Å². The summed E-state index contributed by atoms with van der Waals surface area (Å²) in [6, 6.07) is 2.32. The van der Waals surface area contributed by atoms with Crippen LogP contribution in [0.4, 0.5) is 0 Å². The topological polar surface area (TPSA) is 29.9 Å². The molecule has 0 aromatic carbocycles. The normalized spacial score (nSPS) is 12.8. The molecule has 0 amide bonds. The Kier molecular flexibility index (Phi) is 5.43. The Balaban J connectivity index is 2.00. The van der Waals surface area contributed by atoms with Crippen molar-refractivity contribution in [3.05, 3.63) is 39.3 Å². The molecule has 104 valence electrons. The molecule has 0 spiro atoms. The molecule has 0 bridgehead atoms. The van der Waals surface area contributed by atoms with Gasteiger partial charge in [-0.1, -0.05) is 18.5 Å². The molecule has 5 heteroatoms. The predicted molar refractivity (Wildman–Crippen MR) is 81.9 cm³/mol. The number of halogens is 1. The van der Waals surface area contributed by atoms with Gasteiger partial charge < -0.3 is 5.32 Å². The standard InChI is InChI=1S/C14H20ClN3S/c1-3-7-16-13(14-12(15)6-8-19-14)5-4-11-9-17-18(2)10-11/h6,8-10,13,16H,3-5,7H2,1-2H3. The van der Waals surface area contributed by atoms with E-state index >= 15 is 0 Å². The molecular weight excluding hydrogens is 278 g/mol. The Morgan fingerprint density at radius 2 is 2.37 bits per heavy atom. The second kappa shape index (κ2) is 7.08. The molecular formula is C14H20ClN3S. The van der Waals surface area contributed by atoms with Gasteiger partial charge in [0.2, 0.25) is 0 Å². The fourth-order valence-electron chi connectivity index (χ4n) is 2.11. The van der Waals surface area contributed by atoms with Gasteiger partial charge in [-0.15, -0.1) is 11.3 Å². The first kappa shape index (κ1) is 14.6. The van der Waals surface area contributed by atoms with E-state index in [0.717, 1.165) is 30.8 Å². The Morgan fingerprint density at radius 1 is 1.53 bits per heavy atom. The van der Waals surface area contributed by atoms with Crippen molar-refractivity contribution < 1.29 is 0 Å². The lowest BCUT2D eigenvalue weighted by atomic mass is 10.1. The van der Waals surface area contributed by atoms with E-state index in [4.69, 9.17) is 11.6 Å². The zero-order valence-electron chi connectivity index (χ0n) is 11.4. The van der Waals surface area contributed by atoms with E-state index in [9.17, 15) is 0 Å². The van der Waals surface area contributed by atoms with Crippen LogP contribution in [0.5, 0.6) is 0 Å². The number of aromatic nitrogens is 2. The summed E-state index contributed by atoms with van der Waals surface area (Å²) < 4.78 is 1.85. The van der Waals surface area contributed by atoms with Crippen LogP contribution >= 0.6 is 22.9 Å². The minimum absolute atomic E-state index is 0.340. The van der Waals surface area contributed by atoms with E-state index in [-0.39, 0.29) is 0 Å². The Hall–Kier alpha value is -0.840. The molecule has 3 nitrogen and oxygen atoms in total. The van der Waals surface area contributed by atoms with Gasteiger partial charge >= 0.3 is 0 Å². The number of nitrogens with zero attached hydrogens (tertiary/aromatic N) is 2. The van der Waals surface area contributed by atoms with Crippen LogP contribution in [0, 0.1) is 0 Å². The molecule has 1 N–H and O–H groups in total. The molecule has 2 heterocycles. The van der Waals surface area contributed by atoms with Gasteiger partial charge in [0.15, 0.2) is 0 Å². The summed E-state index contributed by atoms with van der Waals surface area (Å²) in [5, 5.41) is 10.7. The van der Waals surface area contributed by atoms with E-state index in [1.54, 1.807) is 11.3 Å². The van der Waals surface area contributed by atoms with Gasteiger partial charge in [0, 0.05) is 24.2 Å². The minimum atomic E-state index is 0.340. The molecule has 2 aromatic rings. The highest BCUT2D eigenvalue weighted by Crippen LogP contribution is 2.31. The Morgan fingerprint density at radius 3 is 2.95 bits per heavy atom. The predicted octanol–water partition coefficient (Wildman–Crippen LogP) is 3.81. The fourth-order valence-corrected chi connectivity index (χ4v) is 3.41. The molecule has 19 heavy (non-hydrogen) atoms. The summed E-state index contributed by atoms with van der Waals surface area (Å²) in [7, 11) is 1.95. The van der Waals surface area contributed by atoms with Crippen LogP contribution in [-0.2, 0) is 13.5 Å². The number of thiophene rings is 1. The van der Waals surface area contributed by atoms with Crippen LogP contribution in [0.1, 0.15) is 36.2 Å². The number of nitrogens with one attached hydrogen (secondary N) is 1. The summed E-state index contributed by atoms with van der Waals surface area (Å²) in [6.45, 7) is 3.20. The lowest BCUT2D eigenvalue weighted by Gasteiger charge is -2.17. The van der Waals surface area contributed by atoms with Gasteiger partial charge in [-0.05, 0) is 42.8 Å². The van der Waals surface area contributed by atoms with E-state index < -0.39 is 0 Å². The Bertz CT molecular complexity index is 506. The van der Waals surface area contributed by atoms with Crippen molar-refractivity contribution in [2.45, 2.75) is 32.2 Å². The molecule has 0 saturated carbocycles. The van der Waals surface area contributed by atoms with Gasteiger partial charge in [0.1, 0.15) is 0 Å². The molecule has 2 aromatic heterocycles. The summed E-state index contributed by atoms with van der Waals surface area (Å²) in [5.41, 5.74) is 1.28. The van der Waals surface area contributed by atoms with Crippen molar-refractivity contribution in [1.29, 1.82) is 0 Å². The van der Waals surface area contributed by atoms with Gasteiger partial charge in [-0.3, -0.25) is 4.68 Å². The first-order valence-electron chi connectivity index (χ1n) is 6.64. The quantitative estimate of drug-likeness (QED) is 0.842.